The van der Waals surface area contributed by atoms with Crippen LogP contribution in [0.4, 0.5) is 5.82 Å². The van der Waals surface area contributed by atoms with Gasteiger partial charge in [0.05, 0.1) is 10.6 Å². The van der Waals surface area contributed by atoms with Crippen LogP contribution in [0.2, 0.25) is 0 Å². The highest BCUT2D eigenvalue weighted by Gasteiger charge is 2.16. The fourth-order valence-corrected chi connectivity index (χ4v) is 3.47. The zero-order valence-corrected chi connectivity index (χ0v) is 13.2. The van der Waals surface area contributed by atoms with E-state index in [2.05, 4.69) is 15.1 Å². The normalized spacial score (nSPS) is 15.3. The summed E-state index contributed by atoms with van der Waals surface area (Å²) in [6.45, 7) is 3.73. The highest BCUT2D eigenvalue weighted by Crippen LogP contribution is 2.24. The molecule has 0 unspecified atom stereocenters. The lowest BCUT2D eigenvalue weighted by atomic mass is 10.1. The maximum absolute atomic E-state index is 11.6. The van der Waals surface area contributed by atoms with E-state index in [1.807, 2.05) is 18.2 Å². The Kier molecular flexibility index (Phi) is 3.84. The molecule has 0 saturated carbocycles. The molecule has 116 valence electrons. The average molecular weight is 318 g/mol. The topological polar surface area (TPSA) is 89.2 Å². The molecule has 1 aliphatic heterocycles. The molecule has 0 radical (unpaired) electrons. The van der Waals surface area contributed by atoms with Crippen LogP contribution in [-0.2, 0) is 10.0 Å². The predicted octanol–water partition coefficient (Wildman–Crippen LogP) is 1.70. The lowest BCUT2D eigenvalue weighted by Gasteiger charge is -2.15. The van der Waals surface area contributed by atoms with Crippen LogP contribution in [0.15, 0.2) is 35.2 Å². The van der Waals surface area contributed by atoms with E-state index in [4.69, 9.17) is 5.14 Å². The van der Waals surface area contributed by atoms with Crippen LogP contribution in [0.5, 0.6) is 0 Å². The van der Waals surface area contributed by atoms with Crippen LogP contribution >= 0.6 is 0 Å². The quantitative estimate of drug-likeness (QED) is 0.930. The van der Waals surface area contributed by atoms with Gasteiger partial charge in [0.25, 0.3) is 0 Å². The minimum Gasteiger partial charge on any atom is -0.355 e. The Morgan fingerprint density at radius 3 is 2.41 bits per heavy atom. The van der Waals surface area contributed by atoms with Crippen LogP contribution in [0, 0.1) is 6.92 Å². The average Bonchev–Trinajstić information content (AvgIpc) is 3.01. The van der Waals surface area contributed by atoms with Crippen molar-refractivity contribution in [1.29, 1.82) is 0 Å². The Balaban J connectivity index is 1.94. The summed E-state index contributed by atoms with van der Waals surface area (Å²) in [4.78, 5) is 2.32. The molecule has 2 heterocycles. The molecule has 1 aliphatic rings. The summed E-state index contributed by atoms with van der Waals surface area (Å²) in [6, 6.07) is 8.88. The standard InChI is InChI=1S/C15H18N4O2S/c1-11-4-5-12(10-14(11)22(16,20)21)13-6-7-15(18-17-13)19-8-2-3-9-19/h4-7,10H,2-3,8-9H2,1H3,(H2,16,20,21). The molecule has 1 aromatic heterocycles. The zero-order chi connectivity index (χ0) is 15.7. The van der Waals surface area contributed by atoms with Gasteiger partial charge in [0.15, 0.2) is 5.82 Å². The first kappa shape index (κ1) is 14.9. The Hall–Kier alpha value is -1.99. The molecule has 1 aromatic carbocycles. The maximum Gasteiger partial charge on any atom is 0.238 e. The van der Waals surface area contributed by atoms with E-state index in [9.17, 15) is 8.42 Å². The third-order valence-corrected chi connectivity index (χ3v) is 4.92. The van der Waals surface area contributed by atoms with Gasteiger partial charge in [0.1, 0.15) is 0 Å². The summed E-state index contributed by atoms with van der Waals surface area (Å²) < 4.78 is 23.2. The van der Waals surface area contributed by atoms with E-state index in [0.717, 1.165) is 18.9 Å². The molecule has 1 saturated heterocycles. The minimum atomic E-state index is -3.74. The smallest absolute Gasteiger partial charge is 0.238 e. The molecule has 0 atom stereocenters. The second-order valence-corrected chi connectivity index (χ2v) is 7.03. The van der Waals surface area contributed by atoms with E-state index in [-0.39, 0.29) is 4.90 Å². The number of hydrogen-bond donors (Lipinski definition) is 1. The summed E-state index contributed by atoms with van der Waals surface area (Å²) >= 11 is 0. The molecule has 2 aromatic rings. The molecule has 0 spiro atoms. The van der Waals surface area contributed by atoms with Gasteiger partial charge in [-0.05, 0) is 43.5 Å². The second-order valence-electron chi connectivity index (χ2n) is 5.50. The van der Waals surface area contributed by atoms with Crippen LogP contribution < -0.4 is 10.0 Å². The Morgan fingerprint density at radius 1 is 1.09 bits per heavy atom. The minimum absolute atomic E-state index is 0.121. The van der Waals surface area contributed by atoms with Crippen molar-refractivity contribution in [3.8, 4) is 11.3 Å². The second kappa shape index (κ2) is 5.66. The number of hydrogen-bond acceptors (Lipinski definition) is 5. The fourth-order valence-electron chi connectivity index (χ4n) is 2.66. The van der Waals surface area contributed by atoms with Crippen molar-refractivity contribution in [2.45, 2.75) is 24.7 Å². The largest absolute Gasteiger partial charge is 0.355 e. The molecule has 2 N–H and O–H groups in total. The third-order valence-electron chi connectivity index (χ3n) is 3.87. The molecule has 0 aliphatic carbocycles. The number of rotatable bonds is 3. The SMILES string of the molecule is Cc1ccc(-c2ccc(N3CCCC3)nn2)cc1S(N)(=O)=O. The Bertz CT molecular complexity index is 782. The van der Waals surface area contributed by atoms with E-state index in [1.165, 1.54) is 12.8 Å². The Morgan fingerprint density at radius 2 is 1.82 bits per heavy atom. The third kappa shape index (κ3) is 2.95. The first-order valence-corrected chi connectivity index (χ1v) is 8.72. The number of benzene rings is 1. The molecule has 3 rings (SSSR count). The van der Waals surface area contributed by atoms with Crippen molar-refractivity contribution in [3.05, 3.63) is 35.9 Å². The van der Waals surface area contributed by atoms with Crippen molar-refractivity contribution in [1.82, 2.24) is 10.2 Å². The Labute approximate surface area is 130 Å². The first-order valence-electron chi connectivity index (χ1n) is 7.18. The van der Waals surface area contributed by atoms with Crippen molar-refractivity contribution in [3.63, 3.8) is 0 Å². The van der Waals surface area contributed by atoms with Crippen LogP contribution in [-0.4, -0.2) is 31.7 Å². The lowest BCUT2D eigenvalue weighted by molar-refractivity contribution is 0.597. The number of aryl methyl sites for hydroxylation is 1. The molecule has 0 bridgehead atoms. The van der Waals surface area contributed by atoms with Crippen LogP contribution in [0.1, 0.15) is 18.4 Å². The van der Waals surface area contributed by atoms with Crippen molar-refractivity contribution in [2.24, 2.45) is 5.14 Å². The summed E-state index contributed by atoms with van der Waals surface area (Å²) in [5.41, 5.74) is 1.94. The highest BCUT2D eigenvalue weighted by molar-refractivity contribution is 7.89. The van der Waals surface area contributed by atoms with E-state index in [0.29, 0.717) is 16.8 Å². The number of sulfonamides is 1. The molecular formula is C15H18N4O2S. The molecule has 7 heteroatoms. The first-order chi connectivity index (χ1) is 10.4. The van der Waals surface area contributed by atoms with Crippen molar-refractivity contribution < 1.29 is 8.42 Å². The summed E-state index contributed by atoms with van der Waals surface area (Å²) in [6.07, 6.45) is 2.36. The van der Waals surface area contributed by atoms with Crippen LogP contribution in [0.25, 0.3) is 11.3 Å². The van der Waals surface area contributed by atoms with Gasteiger partial charge in [-0.25, -0.2) is 13.6 Å². The number of nitrogens with two attached hydrogens (primary N) is 1. The predicted molar refractivity (Wildman–Crippen MR) is 85.0 cm³/mol. The van der Waals surface area contributed by atoms with E-state index >= 15 is 0 Å². The number of nitrogens with zero attached hydrogens (tertiary/aromatic N) is 3. The van der Waals surface area contributed by atoms with E-state index < -0.39 is 10.0 Å². The van der Waals surface area contributed by atoms with Crippen molar-refractivity contribution in [2.75, 3.05) is 18.0 Å². The summed E-state index contributed by atoms with van der Waals surface area (Å²) in [5, 5.41) is 13.7. The van der Waals surface area contributed by atoms with E-state index in [1.54, 1.807) is 19.1 Å². The van der Waals surface area contributed by atoms with Gasteiger partial charge >= 0.3 is 0 Å². The number of primary sulfonamides is 1. The number of anilines is 1. The molecular weight excluding hydrogens is 300 g/mol. The van der Waals surface area contributed by atoms with Gasteiger partial charge < -0.3 is 4.90 Å². The van der Waals surface area contributed by atoms with Gasteiger partial charge in [-0.3, -0.25) is 0 Å². The van der Waals surface area contributed by atoms with Crippen LogP contribution in [0.3, 0.4) is 0 Å². The fraction of sp³-hybridized carbons (Fsp3) is 0.333. The monoisotopic (exact) mass is 318 g/mol. The molecule has 1 fully saturated rings. The molecule has 22 heavy (non-hydrogen) atoms. The maximum atomic E-state index is 11.6. The van der Waals surface area contributed by atoms with Gasteiger partial charge in [0.2, 0.25) is 10.0 Å². The van der Waals surface area contributed by atoms with Gasteiger partial charge in [-0.2, -0.15) is 0 Å². The van der Waals surface area contributed by atoms with Gasteiger partial charge in [-0.1, -0.05) is 12.1 Å². The zero-order valence-electron chi connectivity index (χ0n) is 12.4. The molecule has 0 amide bonds. The number of aromatic nitrogens is 2. The van der Waals surface area contributed by atoms with Gasteiger partial charge in [-0.15, -0.1) is 10.2 Å². The summed E-state index contributed by atoms with van der Waals surface area (Å²) in [7, 11) is -3.74. The van der Waals surface area contributed by atoms with Crippen molar-refractivity contribution >= 4 is 15.8 Å². The van der Waals surface area contributed by atoms with Gasteiger partial charge in [0, 0.05) is 18.7 Å². The molecule has 6 nitrogen and oxygen atoms in total. The summed E-state index contributed by atoms with van der Waals surface area (Å²) in [5.74, 6) is 0.861. The highest BCUT2D eigenvalue weighted by atomic mass is 32.2. The lowest BCUT2D eigenvalue weighted by Crippen LogP contribution is -2.19.